The van der Waals surface area contributed by atoms with E-state index in [0.29, 0.717) is 0 Å². The number of thiazole rings is 1. The second kappa shape index (κ2) is 7.89. The summed E-state index contributed by atoms with van der Waals surface area (Å²) in [5.74, 6) is 0. The average molecular weight is 388 g/mol. The largest absolute Gasteiger partial charge is 0.444 e. The van der Waals surface area contributed by atoms with Gasteiger partial charge in [-0.2, -0.15) is 0 Å². The van der Waals surface area contributed by atoms with Gasteiger partial charge in [-0.05, 0) is 52.2 Å². The Morgan fingerprint density at radius 1 is 1.22 bits per heavy atom. The van der Waals surface area contributed by atoms with Gasteiger partial charge in [-0.3, -0.25) is 4.90 Å². The van der Waals surface area contributed by atoms with E-state index >= 15 is 0 Å². The van der Waals surface area contributed by atoms with Crippen LogP contribution in [-0.4, -0.2) is 42.2 Å². The number of amides is 1. The van der Waals surface area contributed by atoms with Gasteiger partial charge in [0, 0.05) is 37.3 Å². The maximum Gasteiger partial charge on any atom is 0.410 e. The Morgan fingerprint density at radius 2 is 1.93 bits per heavy atom. The summed E-state index contributed by atoms with van der Waals surface area (Å²) in [6, 6.07) is 8.40. The minimum atomic E-state index is -0.485. The number of carbonyl (C=O) groups excluding carboxylic acids is 1. The number of carbonyl (C=O) groups is 1. The molecular weight excluding hydrogens is 358 g/mol. The predicted molar refractivity (Wildman–Crippen MR) is 111 cm³/mol. The number of anilines is 1. The van der Waals surface area contributed by atoms with E-state index in [0.717, 1.165) is 47.8 Å². The summed E-state index contributed by atoms with van der Waals surface area (Å²) in [5, 5.41) is 3.08. The van der Waals surface area contributed by atoms with Crippen molar-refractivity contribution < 1.29 is 9.53 Å². The molecule has 0 N–H and O–H groups in total. The van der Waals surface area contributed by atoms with Crippen LogP contribution >= 0.6 is 11.3 Å². The molecule has 1 amide bonds. The number of rotatable bonds is 3. The maximum atomic E-state index is 12.7. The number of hydrogen-bond donors (Lipinski definition) is 0. The van der Waals surface area contributed by atoms with Crippen molar-refractivity contribution in [2.75, 3.05) is 25.5 Å². The number of ether oxygens (including phenoxy) is 1. The molecule has 1 atom stereocenters. The zero-order valence-corrected chi connectivity index (χ0v) is 17.7. The first-order valence-electron chi connectivity index (χ1n) is 9.47. The van der Waals surface area contributed by atoms with Crippen LogP contribution in [0.1, 0.15) is 51.1 Å². The van der Waals surface area contributed by atoms with Crippen molar-refractivity contribution in [3.05, 3.63) is 34.7 Å². The molecule has 6 heteroatoms. The summed E-state index contributed by atoms with van der Waals surface area (Å²) in [5.41, 5.74) is 2.75. The maximum absolute atomic E-state index is 12.7. The third kappa shape index (κ3) is 4.80. The standard InChI is InChI=1S/C21H29N3O2S/c1-21(2,3)26-20(25)24-13-7-6-8-18(24)19-22-17(14-27-19)15-9-11-16(12-10-15)23(4)5/h9-12,14,18H,6-8,13H2,1-5H3/t18-/m1/s1. The Balaban J connectivity index is 1.79. The van der Waals surface area contributed by atoms with Gasteiger partial charge >= 0.3 is 6.09 Å². The highest BCUT2D eigenvalue weighted by atomic mass is 32.1. The van der Waals surface area contributed by atoms with Crippen LogP contribution in [0, 0.1) is 0 Å². The molecule has 1 aromatic heterocycles. The van der Waals surface area contributed by atoms with Gasteiger partial charge in [0.2, 0.25) is 0 Å². The number of nitrogens with zero attached hydrogens (tertiary/aromatic N) is 3. The van der Waals surface area contributed by atoms with Crippen LogP contribution in [0.15, 0.2) is 29.6 Å². The highest BCUT2D eigenvalue weighted by Gasteiger charge is 2.33. The van der Waals surface area contributed by atoms with E-state index in [1.807, 2.05) is 39.8 Å². The van der Waals surface area contributed by atoms with Gasteiger partial charge in [0.25, 0.3) is 0 Å². The number of likely N-dealkylation sites (tertiary alicyclic amines) is 1. The highest BCUT2D eigenvalue weighted by molar-refractivity contribution is 7.10. The van der Waals surface area contributed by atoms with Crippen molar-refractivity contribution in [3.63, 3.8) is 0 Å². The topological polar surface area (TPSA) is 45.7 Å². The van der Waals surface area contributed by atoms with Gasteiger partial charge in [0.1, 0.15) is 10.6 Å². The molecule has 1 fully saturated rings. The number of hydrogen-bond acceptors (Lipinski definition) is 5. The average Bonchev–Trinajstić information content (AvgIpc) is 3.10. The zero-order chi connectivity index (χ0) is 19.6. The first-order chi connectivity index (χ1) is 12.7. The van der Waals surface area contributed by atoms with E-state index in [1.165, 1.54) is 0 Å². The fourth-order valence-corrected chi connectivity index (χ4v) is 4.21. The molecule has 5 nitrogen and oxygen atoms in total. The van der Waals surface area contributed by atoms with Crippen molar-refractivity contribution in [2.45, 2.75) is 51.7 Å². The Labute approximate surface area is 166 Å². The molecular formula is C21H29N3O2S. The molecule has 0 aliphatic carbocycles. The number of aromatic nitrogens is 1. The molecule has 146 valence electrons. The fourth-order valence-electron chi connectivity index (χ4n) is 3.23. The fraction of sp³-hybridized carbons (Fsp3) is 0.524. The summed E-state index contributed by atoms with van der Waals surface area (Å²) in [6.45, 7) is 6.44. The normalized spacial score (nSPS) is 17.7. The van der Waals surface area contributed by atoms with Crippen LogP contribution in [-0.2, 0) is 4.74 Å². The summed E-state index contributed by atoms with van der Waals surface area (Å²) < 4.78 is 5.62. The molecule has 27 heavy (non-hydrogen) atoms. The zero-order valence-electron chi connectivity index (χ0n) is 16.9. The minimum absolute atomic E-state index is 0.00778. The molecule has 0 unspecified atom stereocenters. The van der Waals surface area contributed by atoms with Crippen LogP contribution in [0.5, 0.6) is 0 Å². The molecule has 0 spiro atoms. The second-order valence-corrected chi connectivity index (χ2v) is 9.09. The summed E-state index contributed by atoms with van der Waals surface area (Å²) in [4.78, 5) is 21.4. The van der Waals surface area contributed by atoms with E-state index in [2.05, 4.69) is 34.5 Å². The lowest BCUT2D eigenvalue weighted by atomic mass is 10.0. The van der Waals surface area contributed by atoms with E-state index < -0.39 is 5.60 Å². The molecule has 1 saturated heterocycles. The Bertz CT molecular complexity index is 777. The first-order valence-corrected chi connectivity index (χ1v) is 10.4. The number of benzene rings is 1. The van der Waals surface area contributed by atoms with Gasteiger partial charge in [-0.25, -0.2) is 9.78 Å². The van der Waals surface area contributed by atoms with Gasteiger partial charge in [-0.1, -0.05) is 12.1 Å². The van der Waals surface area contributed by atoms with Crippen LogP contribution in [0.25, 0.3) is 11.3 Å². The predicted octanol–water partition coefficient (Wildman–Crippen LogP) is 5.34. The molecule has 0 bridgehead atoms. The lowest BCUT2D eigenvalue weighted by Crippen LogP contribution is -2.41. The quantitative estimate of drug-likeness (QED) is 0.713. The first kappa shape index (κ1) is 19.7. The summed E-state index contributed by atoms with van der Waals surface area (Å²) in [7, 11) is 4.06. The molecule has 2 aromatic rings. The SMILES string of the molecule is CN(C)c1ccc(-c2csc([C@H]3CCCCN3C(=O)OC(C)(C)C)n2)cc1. The van der Waals surface area contributed by atoms with E-state index in [9.17, 15) is 4.79 Å². The van der Waals surface area contributed by atoms with E-state index in [1.54, 1.807) is 11.3 Å². The van der Waals surface area contributed by atoms with Crippen molar-refractivity contribution in [3.8, 4) is 11.3 Å². The van der Waals surface area contributed by atoms with Gasteiger partial charge in [0.15, 0.2) is 0 Å². The molecule has 1 aliphatic rings. The van der Waals surface area contributed by atoms with Gasteiger partial charge < -0.3 is 9.64 Å². The Morgan fingerprint density at radius 3 is 2.56 bits per heavy atom. The minimum Gasteiger partial charge on any atom is -0.444 e. The smallest absolute Gasteiger partial charge is 0.410 e. The van der Waals surface area contributed by atoms with Crippen LogP contribution in [0.3, 0.4) is 0 Å². The van der Waals surface area contributed by atoms with Gasteiger partial charge in [0.05, 0.1) is 11.7 Å². The number of piperidine rings is 1. The lowest BCUT2D eigenvalue weighted by Gasteiger charge is -2.35. The molecule has 1 aromatic carbocycles. The molecule has 0 radical (unpaired) electrons. The van der Waals surface area contributed by atoms with Crippen molar-refractivity contribution in [1.82, 2.24) is 9.88 Å². The third-order valence-electron chi connectivity index (χ3n) is 4.62. The van der Waals surface area contributed by atoms with Crippen molar-refractivity contribution in [1.29, 1.82) is 0 Å². The molecule has 0 saturated carbocycles. The van der Waals surface area contributed by atoms with Crippen LogP contribution in [0.4, 0.5) is 10.5 Å². The molecule has 1 aliphatic heterocycles. The van der Waals surface area contributed by atoms with Crippen molar-refractivity contribution in [2.24, 2.45) is 0 Å². The van der Waals surface area contributed by atoms with Gasteiger partial charge in [-0.15, -0.1) is 11.3 Å². The monoisotopic (exact) mass is 387 g/mol. The van der Waals surface area contributed by atoms with E-state index in [4.69, 9.17) is 9.72 Å². The third-order valence-corrected chi connectivity index (χ3v) is 5.56. The Hall–Kier alpha value is -2.08. The Kier molecular flexibility index (Phi) is 5.75. The van der Waals surface area contributed by atoms with Crippen LogP contribution < -0.4 is 4.90 Å². The van der Waals surface area contributed by atoms with Crippen molar-refractivity contribution >= 4 is 23.1 Å². The lowest BCUT2D eigenvalue weighted by molar-refractivity contribution is 0.00949. The second-order valence-electron chi connectivity index (χ2n) is 8.20. The van der Waals surface area contributed by atoms with E-state index in [-0.39, 0.29) is 12.1 Å². The molecule has 3 rings (SSSR count). The molecule has 2 heterocycles. The van der Waals surface area contributed by atoms with Crippen LogP contribution in [0.2, 0.25) is 0 Å². The highest BCUT2D eigenvalue weighted by Crippen LogP contribution is 2.35. The summed E-state index contributed by atoms with van der Waals surface area (Å²) >= 11 is 1.63. The summed E-state index contributed by atoms with van der Waals surface area (Å²) in [6.07, 6.45) is 2.82.